The molecule has 0 radical (unpaired) electrons. The van der Waals surface area contributed by atoms with Gasteiger partial charge in [-0.15, -0.1) is 0 Å². The van der Waals surface area contributed by atoms with Crippen molar-refractivity contribution >= 4 is 45.3 Å². The van der Waals surface area contributed by atoms with Crippen LogP contribution in [0.25, 0.3) is 0 Å². The van der Waals surface area contributed by atoms with Crippen LogP contribution in [0.15, 0.2) is 82.8 Å². The number of hydrogen-bond donors (Lipinski definition) is 1. The van der Waals surface area contributed by atoms with Gasteiger partial charge in [-0.05, 0) is 36.2 Å². The maximum absolute atomic E-state index is 13.3. The third kappa shape index (κ3) is 6.40. The van der Waals surface area contributed by atoms with Gasteiger partial charge in [0.1, 0.15) is 4.90 Å². The maximum Gasteiger partial charge on any atom is 0.255 e. The molecule has 9 heteroatoms. The van der Waals surface area contributed by atoms with Gasteiger partial charge in [-0.1, -0.05) is 83.4 Å². The number of nitrogens with one attached hydrogen (secondary N) is 1. The van der Waals surface area contributed by atoms with Crippen LogP contribution < -0.4 is 5.43 Å². The maximum atomic E-state index is 13.3. The number of hydrazone groups is 1. The van der Waals surface area contributed by atoms with Gasteiger partial charge in [-0.25, -0.2) is 13.8 Å². The van der Waals surface area contributed by atoms with Crippen LogP contribution in [-0.2, 0) is 21.4 Å². The van der Waals surface area contributed by atoms with Crippen LogP contribution in [0.4, 0.5) is 0 Å². The highest BCUT2D eigenvalue weighted by Crippen LogP contribution is 2.28. The molecule has 0 fully saturated rings. The lowest BCUT2D eigenvalue weighted by Crippen LogP contribution is -2.39. The van der Waals surface area contributed by atoms with E-state index < -0.39 is 22.5 Å². The molecule has 0 aliphatic carbocycles. The number of nitrogens with zero attached hydrogens (tertiary/aromatic N) is 2. The Bertz CT molecular complexity index is 1230. The Morgan fingerprint density at radius 2 is 1.78 bits per heavy atom. The smallest absolute Gasteiger partial charge is 0.255 e. The number of sulfonamides is 1. The molecule has 3 aromatic carbocycles. The highest BCUT2D eigenvalue weighted by Gasteiger charge is 2.29. The lowest BCUT2D eigenvalue weighted by Gasteiger charge is -2.22. The predicted molar refractivity (Wildman–Crippen MR) is 127 cm³/mol. The van der Waals surface area contributed by atoms with E-state index in [1.54, 1.807) is 24.3 Å². The summed E-state index contributed by atoms with van der Waals surface area (Å²) in [5.41, 5.74) is 4.96. The Morgan fingerprint density at radius 1 is 1.03 bits per heavy atom. The van der Waals surface area contributed by atoms with E-state index in [-0.39, 0.29) is 21.5 Å². The monoisotopic (exact) mass is 489 g/mol. The first kappa shape index (κ1) is 23.9. The normalized spacial score (nSPS) is 11.8. The zero-order valence-electron chi connectivity index (χ0n) is 17.2. The van der Waals surface area contributed by atoms with Crippen LogP contribution in [0, 0.1) is 6.92 Å². The first-order valence-corrected chi connectivity index (χ1v) is 11.8. The van der Waals surface area contributed by atoms with Crippen LogP contribution in [-0.4, -0.2) is 31.4 Å². The van der Waals surface area contributed by atoms with Crippen molar-refractivity contribution < 1.29 is 13.2 Å². The van der Waals surface area contributed by atoms with Gasteiger partial charge >= 0.3 is 0 Å². The summed E-state index contributed by atoms with van der Waals surface area (Å²) in [6.45, 7) is 1.47. The quantitative estimate of drug-likeness (QED) is 0.369. The number of amides is 1. The van der Waals surface area contributed by atoms with Crippen molar-refractivity contribution in [2.75, 3.05) is 6.54 Å². The van der Waals surface area contributed by atoms with Crippen molar-refractivity contribution in [1.82, 2.24) is 9.73 Å². The molecule has 166 valence electrons. The van der Waals surface area contributed by atoms with E-state index in [1.165, 1.54) is 24.4 Å². The number of hydrogen-bond acceptors (Lipinski definition) is 4. The minimum atomic E-state index is -4.13. The Morgan fingerprint density at radius 3 is 2.50 bits per heavy atom. The van der Waals surface area contributed by atoms with Gasteiger partial charge in [0.05, 0.1) is 17.8 Å². The van der Waals surface area contributed by atoms with Crippen molar-refractivity contribution in [3.05, 3.63) is 99.5 Å². The molecule has 0 unspecified atom stereocenters. The molecule has 6 nitrogen and oxygen atoms in total. The molecule has 0 aromatic heterocycles. The Labute approximate surface area is 197 Å². The molecule has 0 saturated carbocycles. The minimum absolute atomic E-state index is 0.0188. The summed E-state index contributed by atoms with van der Waals surface area (Å²) in [5.74, 6) is -0.591. The molecule has 0 spiro atoms. The second-order valence-electron chi connectivity index (χ2n) is 7.04. The Balaban J connectivity index is 1.82. The molecule has 0 heterocycles. The van der Waals surface area contributed by atoms with Crippen molar-refractivity contribution in [3.8, 4) is 0 Å². The molecule has 0 saturated heterocycles. The molecule has 0 bridgehead atoms. The van der Waals surface area contributed by atoms with Crippen LogP contribution in [0.5, 0.6) is 0 Å². The van der Waals surface area contributed by atoms with Gasteiger partial charge in [0, 0.05) is 11.6 Å². The Kier molecular flexibility index (Phi) is 8.04. The van der Waals surface area contributed by atoms with E-state index in [0.29, 0.717) is 5.56 Å². The fraction of sp³-hybridized carbons (Fsp3) is 0.130. The standard InChI is InChI=1S/C23H21Cl2N3O3S/c1-17-6-5-9-19(12-17)14-26-27-23(29)16-28(15-18-7-3-2-4-8-18)32(30,31)22-13-20(24)10-11-21(22)25/h2-14H,15-16H2,1H3,(H,27,29). The van der Waals surface area contributed by atoms with E-state index in [4.69, 9.17) is 23.2 Å². The number of benzene rings is 3. The average molecular weight is 490 g/mol. The van der Waals surface area contributed by atoms with Gasteiger partial charge in [-0.3, -0.25) is 4.79 Å². The van der Waals surface area contributed by atoms with Crippen LogP contribution in [0.2, 0.25) is 10.0 Å². The fourth-order valence-corrected chi connectivity index (χ4v) is 5.07. The number of aryl methyl sites for hydroxylation is 1. The summed E-state index contributed by atoms with van der Waals surface area (Å²) < 4.78 is 27.7. The van der Waals surface area contributed by atoms with Crippen LogP contribution in [0.3, 0.4) is 0 Å². The van der Waals surface area contributed by atoms with Crippen molar-refractivity contribution in [2.24, 2.45) is 5.10 Å². The first-order valence-electron chi connectivity index (χ1n) is 9.63. The summed E-state index contributed by atoms with van der Waals surface area (Å²) >= 11 is 12.1. The molecule has 3 rings (SSSR count). The third-order valence-corrected chi connectivity index (χ3v) is 6.99. The lowest BCUT2D eigenvalue weighted by molar-refractivity contribution is -0.121. The summed E-state index contributed by atoms with van der Waals surface area (Å²) in [6, 6.07) is 20.7. The molecule has 32 heavy (non-hydrogen) atoms. The van der Waals surface area contributed by atoms with Gasteiger partial charge in [0.25, 0.3) is 5.91 Å². The average Bonchev–Trinajstić information content (AvgIpc) is 2.75. The third-order valence-electron chi connectivity index (χ3n) is 4.48. The summed E-state index contributed by atoms with van der Waals surface area (Å²) in [5, 5.41) is 4.18. The zero-order valence-corrected chi connectivity index (χ0v) is 19.5. The largest absolute Gasteiger partial charge is 0.272 e. The van der Waals surface area contributed by atoms with E-state index in [9.17, 15) is 13.2 Å². The Hall–Kier alpha value is -2.71. The zero-order chi connectivity index (χ0) is 23.1. The SMILES string of the molecule is Cc1cccc(C=NNC(=O)CN(Cc2ccccc2)S(=O)(=O)c2cc(Cl)ccc2Cl)c1. The molecule has 0 aliphatic heterocycles. The van der Waals surface area contributed by atoms with Crippen LogP contribution in [0.1, 0.15) is 16.7 Å². The van der Waals surface area contributed by atoms with Gasteiger partial charge < -0.3 is 0 Å². The topological polar surface area (TPSA) is 78.8 Å². The number of halogens is 2. The van der Waals surface area contributed by atoms with Crippen LogP contribution >= 0.6 is 23.2 Å². The van der Waals surface area contributed by atoms with Gasteiger partial charge in [-0.2, -0.15) is 9.41 Å². The molecule has 1 N–H and O–H groups in total. The number of carbonyl (C=O) groups excluding carboxylic acids is 1. The van der Waals surface area contributed by atoms with E-state index in [1.807, 2.05) is 37.3 Å². The molecule has 1 amide bonds. The van der Waals surface area contributed by atoms with Crippen molar-refractivity contribution in [1.29, 1.82) is 0 Å². The first-order chi connectivity index (χ1) is 15.3. The molecule has 0 atom stereocenters. The molecule has 0 aliphatic rings. The minimum Gasteiger partial charge on any atom is -0.272 e. The van der Waals surface area contributed by atoms with E-state index >= 15 is 0 Å². The predicted octanol–water partition coefficient (Wildman–Crippen LogP) is 4.64. The highest BCUT2D eigenvalue weighted by atomic mass is 35.5. The molecular formula is C23H21Cl2N3O3S. The van der Waals surface area contributed by atoms with E-state index in [2.05, 4.69) is 10.5 Å². The molecule has 3 aromatic rings. The van der Waals surface area contributed by atoms with Gasteiger partial charge in [0.15, 0.2) is 0 Å². The summed E-state index contributed by atoms with van der Waals surface area (Å²) in [4.78, 5) is 12.4. The summed E-state index contributed by atoms with van der Waals surface area (Å²) in [6.07, 6.45) is 1.49. The lowest BCUT2D eigenvalue weighted by atomic mass is 10.2. The second kappa shape index (κ2) is 10.7. The number of carbonyl (C=O) groups is 1. The molecular weight excluding hydrogens is 469 g/mol. The van der Waals surface area contributed by atoms with Crippen molar-refractivity contribution in [2.45, 2.75) is 18.4 Å². The van der Waals surface area contributed by atoms with Gasteiger partial charge in [0.2, 0.25) is 10.0 Å². The summed E-state index contributed by atoms with van der Waals surface area (Å²) in [7, 11) is -4.13. The fourth-order valence-electron chi connectivity index (χ4n) is 2.95. The highest BCUT2D eigenvalue weighted by molar-refractivity contribution is 7.89. The van der Waals surface area contributed by atoms with E-state index in [0.717, 1.165) is 15.4 Å². The van der Waals surface area contributed by atoms with Crippen molar-refractivity contribution in [3.63, 3.8) is 0 Å². The second-order valence-corrected chi connectivity index (χ2v) is 9.79. The number of rotatable bonds is 8.